The first-order valence-electron chi connectivity index (χ1n) is 10.4. The Labute approximate surface area is 194 Å². The molecule has 7 heteroatoms. The summed E-state index contributed by atoms with van der Waals surface area (Å²) in [4.78, 5) is 5.76. The quantitative estimate of drug-likeness (QED) is 0.412. The van der Waals surface area contributed by atoms with Crippen molar-refractivity contribution >= 4 is 27.8 Å². The summed E-state index contributed by atoms with van der Waals surface area (Å²) < 4.78 is 29.6. The van der Waals surface area contributed by atoms with Gasteiger partial charge in [-0.15, -0.1) is 28.0 Å². The molecule has 3 aromatic rings. The van der Waals surface area contributed by atoms with E-state index in [9.17, 15) is 9.11 Å². The second-order valence-corrected chi connectivity index (χ2v) is 10.7. The highest BCUT2D eigenvalue weighted by Crippen LogP contribution is 2.41. The third-order valence-corrected chi connectivity index (χ3v) is 6.65. The first-order valence-corrected chi connectivity index (χ1v) is 13.1. The second-order valence-electron chi connectivity index (χ2n) is 7.94. The summed E-state index contributed by atoms with van der Waals surface area (Å²) in [7, 11) is -2.92. The molecule has 5 nitrogen and oxygen atoms in total. The molecule has 2 aromatic carbocycles. The van der Waals surface area contributed by atoms with Gasteiger partial charge in [-0.3, -0.25) is 9.11 Å². The molecule has 0 bridgehead atoms. The minimum absolute atomic E-state index is 0.0782. The van der Waals surface area contributed by atoms with Crippen molar-refractivity contribution in [2.75, 3.05) is 6.26 Å². The van der Waals surface area contributed by atoms with E-state index in [2.05, 4.69) is 27.3 Å². The molecule has 1 aromatic heterocycles. The van der Waals surface area contributed by atoms with Crippen molar-refractivity contribution in [1.82, 2.24) is 4.98 Å². The van der Waals surface area contributed by atoms with E-state index in [4.69, 9.17) is 4.74 Å². The lowest BCUT2D eigenvalue weighted by Gasteiger charge is -2.21. The smallest absolute Gasteiger partial charge is 0.135 e. The van der Waals surface area contributed by atoms with Crippen LogP contribution in [0.1, 0.15) is 43.9 Å². The van der Waals surface area contributed by atoms with Crippen LogP contribution >= 0.6 is 22.1 Å². The summed E-state index contributed by atoms with van der Waals surface area (Å²) in [5.41, 5.74) is 5.92. The monoisotopic (exact) mass is 466 g/mol. The number of aromatic nitrogens is 1. The molecule has 0 unspecified atom stereocenters. The van der Waals surface area contributed by atoms with E-state index in [1.807, 2.05) is 57.3 Å². The molecule has 0 aliphatic heterocycles. The highest BCUT2D eigenvalue weighted by atomic mass is 32.3. The van der Waals surface area contributed by atoms with Gasteiger partial charge in [0.15, 0.2) is 0 Å². The van der Waals surface area contributed by atoms with Crippen LogP contribution in [0.2, 0.25) is 0 Å². The zero-order valence-electron chi connectivity index (χ0n) is 18.5. The minimum atomic E-state index is -2.92. The molecule has 0 spiro atoms. The standard InChI is InChI=1S/C25H26N2O3S2/c1-5-7-17-14-18(10-13-23(17)30-16(2)3)25-26-15-24(31-25)21-9-6-8-20-19(21)11-12-22(20)27-32(4,28)29/h6,8-10,13-16,28-29H,11-12H2,1-4H3. The van der Waals surface area contributed by atoms with Crippen molar-refractivity contribution in [2.45, 2.75) is 39.7 Å². The predicted molar refractivity (Wildman–Crippen MR) is 135 cm³/mol. The lowest BCUT2D eigenvalue weighted by molar-refractivity contribution is 0.242. The maximum atomic E-state index is 9.77. The molecule has 0 fully saturated rings. The predicted octanol–water partition coefficient (Wildman–Crippen LogP) is 6.67. The fourth-order valence-corrected chi connectivity index (χ4v) is 5.40. The Morgan fingerprint density at radius 3 is 2.66 bits per heavy atom. The molecular formula is C25H26N2O3S2. The average molecular weight is 467 g/mol. The molecule has 0 atom stereocenters. The van der Waals surface area contributed by atoms with Gasteiger partial charge >= 0.3 is 0 Å². The summed E-state index contributed by atoms with van der Waals surface area (Å²) in [5.74, 6) is 6.88. The van der Waals surface area contributed by atoms with Crippen LogP contribution in [0.3, 0.4) is 0 Å². The van der Waals surface area contributed by atoms with E-state index in [-0.39, 0.29) is 6.10 Å². The first kappa shape index (κ1) is 22.6. The number of hydrogen-bond acceptors (Lipinski definition) is 6. The van der Waals surface area contributed by atoms with E-state index >= 15 is 0 Å². The van der Waals surface area contributed by atoms with Crippen molar-refractivity contribution < 1.29 is 13.8 Å². The van der Waals surface area contributed by atoms with Gasteiger partial charge in [0, 0.05) is 23.6 Å². The summed E-state index contributed by atoms with van der Waals surface area (Å²) in [5, 5.41) is 0.919. The van der Waals surface area contributed by atoms with Gasteiger partial charge in [0.2, 0.25) is 0 Å². The first-order chi connectivity index (χ1) is 15.2. The van der Waals surface area contributed by atoms with E-state index in [1.54, 1.807) is 11.3 Å². The Kier molecular flexibility index (Phi) is 6.40. The normalized spacial score (nSPS) is 14.9. The SMILES string of the molecule is CC#Cc1cc(-c2ncc(-c3cccc4c3CCC4=NS(C)(O)O)s2)ccc1OC(C)C. The fourth-order valence-electron chi connectivity index (χ4n) is 3.82. The Hall–Kier alpha value is -2.63. The second kappa shape index (κ2) is 9.08. The fraction of sp³-hybridized carbons (Fsp3) is 0.280. The summed E-state index contributed by atoms with van der Waals surface area (Å²) in [6.45, 7) is 5.82. The van der Waals surface area contributed by atoms with E-state index < -0.39 is 10.8 Å². The number of ether oxygens (including phenoxy) is 1. The van der Waals surface area contributed by atoms with Gasteiger partial charge in [-0.25, -0.2) is 4.98 Å². The zero-order chi connectivity index (χ0) is 22.9. The van der Waals surface area contributed by atoms with Crippen LogP contribution in [-0.2, 0) is 6.42 Å². The highest BCUT2D eigenvalue weighted by Gasteiger charge is 2.23. The molecule has 0 amide bonds. The van der Waals surface area contributed by atoms with Crippen LogP contribution in [-0.4, -0.2) is 32.2 Å². The van der Waals surface area contributed by atoms with Gasteiger partial charge in [0.25, 0.3) is 0 Å². The van der Waals surface area contributed by atoms with Crippen LogP contribution < -0.4 is 4.74 Å². The van der Waals surface area contributed by atoms with Gasteiger partial charge in [0.1, 0.15) is 10.8 Å². The number of rotatable bonds is 5. The van der Waals surface area contributed by atoms with Crippen LogP contribution in [0.25, 0.3) is 21.0 Å². The Morgan fingerprint density at radius 1 is 1.16 bits per heavy atom. The molecule has 1 heterocycles. The number of nitrogens with zero attached hydrogens (tertiary/aromatic N) is 2. The lowest BCUT2D eigenvalue weighted by atomic mass is 10.0. The maximum absolute atomic E-state index is 9.77. The number of hydrogen-bond donors (Lipinski definition) is 2. The molecule has 166 valence electrons. The van der Waals surface area contributed by atoms with Crippen LogP contribution in [0, 0.1) is 11.8 Å². The molecular weight excluding hydrogens is 440 g/mol. The summed E-state index contributed by atoms with van der Waals surface area (Å²) in [6, 6.07) is 12.1. The zero-order valence-corrected chi connectivity index (χ0v) is 20.2. The molecule has 4 rings (SSSR count). The van der Waals surface area contributed by atoms with Crippen molar-refractivity contribution in [3.63, 3.8) is 0 Å². The molecule has 0 saturated heterocycles. The van der Waals surface area contributed by atoms with E-state index in [0.717, 1.165) is 50.0 Å². The highest BCUT2D eigenvalue weighted by molar-refractivity contribution is 8.22. The number of thiazole rings is 1. The van der Waals surface area contributed by atoms with Crippen LogP contribution in [0.15, 0.2) is 47.0 Å². The van der Waals surface area contributed by atoms with Gasteiger partial charge in [-0.1, -0.05) is 24.1 Å². The molecule has 2 N–H and O–H groups in total. The summed E-state index contributed by atoms with van der Waals surface area (Å²) >= 11 is 1.63. The van der Waals surface area contributed by atoms with Gasteiger partial charge in [-0.2, -0.15) is 4.40 Å². The average Bonchev–Trinajstić information content (AvgIpc) is 3.36. The van der Waals surface area contributed by atoms with Gasteiger partial charge in [0.05, 0.1) is 22.3 Å². The Bertz CT molecular complexity index is 1240. The van der Waals surface area contributed by atoms with Crippen molar-refractivity contribution in [3.8, 4) is 38.6 Å². The van der Waals surface area contributed by atoms with Crippen LogP contribution in [0.5, 0.6) is 5.75 Å². The van der Waals surface area contributed by atoms with Crippen molar-refractivity contribution in [2.24, 2.45) is 4.40 Å². The molecule has 0 saturated carbocycles. The van der Waals surface area contributed by atoms with E-state index in [1.165, 1.54) is 11.8 Å². The minimum Gasteiger partial charge on any atom is -0.490 e. The summed E-state index contributed by atoms with van der Waals surface area (Å²) in [6.07, 6.45) is 4.87. The largest absolute Gasteiger partial charge is 0.490 e. The van der Waals surface area contributed by atoms with Crippen molar-refractivity contribution in [3.05, 3.63) is 59.3 Å². The Morgan fingerprint density at radius 2 is 1.94 bits per heavy atom. The molecule has 1 aliphatic carbocycles. The Balaban J connectivity index is 1.70. The number of fused-ring (bicyclic) bond motifs is 1. The molecule has 0 radical (unpaired) electrons. The van der Waals surface area contributed by atoms with E-state index in [0.29, 0.717) is 6.42 Å². The third kappa shape index (κ3) is 4.89. The maximum Gasteiger partial charge on any atom is 0.135 e. The van der Waals surface area contributed by atoms with Gasteiger partial charge < -0.3 is 4.74 Å². The van der Waals surface area contributed by atoms with Crippen LogP contribution in [0.4, 0.5) is 0 Å². The topological polar surface area (TPSA) is 74.9 Å². The molecule has 32 heavy (non-hydrogen) atoms. The lowest BCUT2D eigenvalue weighted by Crippen LogP contribution is -2.06. The van der Waals surface area contributed by atoms with Crippen molar-refractivity contribution in [1.29, 1.82) is 0 Å². The molecule has 1 aliphatic rings. The van der Waals surface area contributed by atoms with Gasteiger partial charge in [-0.05, 0) is 62.9 Å². The third-order valence-electron chi connectivity index (χ3n) is 5.00. The number of benzene rings is 2.